The van der Waals surface area contributed by atoms with E-state index in [1.165, 1.54) is 18.6 Å². The van der Waals surface area contributed by atoms with E-state index in [0.717, 1.165) is 34.5 Å². The highest BCUT2D eigenvalue weighted by Gasteiger charge is 2.59. The van der Waals surface area contributed by atoms with Crippen molar-refractivity contribution in [2.24, 2.45) is 21.8 Å². The van der Waals surface area contributed by atoms with Gasteiger partial charge in [0, 0.05) is 22.1 Å². The molecule has 1 heterocycles. The summed E-state index contributed by atoms with van der Waals surface area (Å²) in [7, 11) is 1.68. The van der Waals surface area contributed by atoms with Crippen molar-refractivity contribution in [1.82, 2.24) is 4.98 Å². The quantitative estimate of drug-likeness (QED) is 0.744. The van der Waals surface area contributed by atoms with E-state index in [-0.39, 0.29) is 5.41 Å². The first kappa shape index (κ1) is 16.6. The van der Waals surface area contributed by atoms with Crippen LogP contribution in [0.5, 0.6) is 5.75 Å². The van der Waals surface area contributed by atoms with Crippen LogP contribution in [-0.2, 0) is 0 Å². The third kappa shape index (κ3) is 2.56. The molecule has 5 heteroatoms. The van der Waals surface area contributed by atoms with Crippen LogP contribution >= 0.6 is 11.3 Å². The van der Waals surface area contributed by atoms with E-state index in [1.54, 1.807) is 18.4 Å². The van der Waals surface area contributed by atoms with E-state index >= 15 is 0 Å². The van der Waals surface area contributed by atoms with E-state index in [2.05, 4.69) is 36.6 Å². The molecule has 4 nitrogen and oxygen atoms in total. The molecule has 132 valence electrons. The van der Waals surface area contributed by atoms with Crippen molar-refractivity contribution in [1.29, 1.82) is 0 Å². The first-order valence-corrected chi connectivity index (χ1v) is 9.75. The molecule has 0 aliphatic heterocycles. The lowest BCUT2D eigenvalue weighted by molar-refractivity contribution is 0.194. The summed E-state index contributed by atoms with van der Waals surface area (Å²) >= 11 is 1.60. The van der Waals surface area contributed by atoms with E-state index in [4.69, 9.17) is 9.84 Å². The zero-order valence-corrected chi connectivity index (χ0v) is 16.1. The van der Waals surface area contributed by atoms with E-state index in [9.17, 15) is 0 Å². The van der Waals surface area contributed by atoms with E-state index in [0.29, 0.717) is 5.41 Å². The van der Waals surface area contributed by atoms with Crippen molar-refractivity contribution in [2.45, 2.75) is 40.0 Å². The van der Waals surface area contributed by atoms with Gasteiger partial charge in [0.25, 0.3) is 0 Å². The topological polar surface area (TPSA) is 46.5 Å². The third-order valence-corrected chi connectivity index (χ3v) is 7.44. The number of ether oxygens (including phenoxy) is 1. The number of benzene rings is 1. The highest BCUT2D eigenvalue weighted by molar-refractivity contribution is 7.14. The summed E-state index contributed by atoms with van der Waals surface area (Å²) in [6.07, 6.45) is 3.70. The number of methoxy groups -OCH3 is 1. The fourth-order valence-electron chi connectivity index (χ4n) is 4.43. The van der Waals surface area contributed by atoms with Gasteiger partial charge >= 0.3 is 0 Å². The van der Waals surface area contributed by atoms with Gasteiger partial charge in [-0.2, -0.15) is 5.10 Å². The minimum absolute atomic E-state index is 0.223. The molecule has 4 rings (SSSR count). The number of nitrogens with zero attached hydrogens (tertiary/aromatic N) is 2. The van der Waals surface area contributed by atoms with Gasteiger partial charge < -0.3 is 4.74 Å². The Kier molecular flexibility index (Phi) is 3.87. The second kappa shape index (κ2) is 5.84. The Morgan fingerprint density at radius 1 is 1.24 bits per heavy atom. The van der Waals surface area contributed by atoms with Gasteiger partial charge in [0.1, 0.15) is 5.75 Å². The van der Waals surface area contributed by atoms with Crippen molar-refractivity contribution < 1.29 is 4.74 Å². The van der Waals surface area contributed by atoms with Gasteiger partial charge in [-0.05, 0) is 54.9 Å². The third-order valence-electron chi connectivity index (χ3n) is 6.69. The fourth-order valence-corrected chi connectivity index (χ4v) is 5.09. The summed E-state index contributed by atoms with van der Waals surface area (Å²) in [5.41, 5.74) is 7.16. The molecule has 2 aliphatic carbocycles. The van der Waals surface area contributed by atoms with Crippen molar-refractivity contribution in [3.8, 4) is 17.0 Å². The monoisotopic (exact) mass is 355 g/mol. The Morgan fingerprint density at radius 3 is 2.60 bits per heavy atom. The molecule has 0 spiro atoms. The molecule has 2 bridgehead atoms. The molecule has 1 aromatic heterocycles. The first-order chi connectivity index (χ1) is 11.9. The molecule has 0 saturated heterocycles. The summed E-state index contributed by atoms with van der Waals surface area (Å²) in [6, 6.07) is 7.98. The average Bonchev–Trinajstić information content (AvgIpc) is 3.22. The van der Waals surface area contributed by atoms with Gasteiger partial charge in [-0.3, -0.25) is 5.43 Å². The number of hydrogen-bond donors (Lipinski definition) is 1. The van der Waals surface area contributed by atoms with Crippen LogP contribution in [-0.4, -0.2) is 17.8 Å². The Labute approximate surface area is 153 Å². The molecule has 1 N–H and O–H groups in total. The number of aromatic nitrogens is 1. The molecule has 25 heavy (non-hydrogen) atoms. The Bertz CT molecular complexity index is 809. The molecule has 0 amide bonds. The number of nitrogens with one attached hydrogen (secondary N) is 1. The molecule has 2 saturated carbocycles. The number of rotatable bonds is 4. The largest absolute Gasteiger partial charge is 0.497 e. The molecule has 2 fully saturated rings. The van der Waals surface area contributed by atoms with Crippen LogP contribution < -0.4 is 10.2 Å². The van der Waals surface area contributed by atoms with Gasteiger partial charge in [-0.25, -0.2) is 4.98 Å². The van der Waals surface area contributed by atoms with Crippen LogP contribution in [0.15, 0.2) is 34.7 Å². The lowest BCUT2D eigenvalue weighted by Crippen LogP contribution is -2.32. The molecule has 2 atom stereocenters. The summed E-state index contributed by atoms with van der Waals surface area (Å²) in [6.45, 7) is 7.18. The van der Waals surface area contributed by atoms with Gasteiger partial charge in [0.15, 0.2) is 0 Å². The van der Waals surface area contributed by atoms with Crippen LogP contribution in [0.2, 0.25) is 0 Å². The highest BCUT2D eigenvalue weighted by Crippen LogP contribution is 2.63. The van der Waals surface area contributed by atoms with Crippen molar-refractivity contribution in [3.05, 3.63) is 29.6 Å². The minimum atomic E-state index is 0.223. The lowest BCUT2D eigenvalue weighted by atomic mass is 9.70. The minimum Gasteiger partial charge on any atom is -0.497 e. The Morgan fingerprint density at radius 2 is 2.00 bits per heavy atom. The van der Waals surface area contributed by atoms with Crippen molar-refractivity contribution in [2.75, 3.05) is 12.5 Å². The number of anilines is 1. The van der Waals surface area contributed by atoms with Gasteiger partial charge in [0.05, 0.1) is 12.8 Å². The smallest absolute Gasteiger partial charge is 0.203 e. The SMILES string of the molecule is COc1ccc(-c2csc(NN=C3CC4CC[C@]3(C)C4(C)C)n2)cc1. The van der Waals surface area contributed by atoms with Crippen molar-refractivity contribution in [3.63, 3.8) is 0 Å². The highest BCUT2D eigenvalue weighted by atomic mass is 32.1. The van der Waals surface area contributed by atoms with Crippen LogP contribution in [0.4, 0.5) is 5.13 Å². The summed E-state index contributed by atoms with van der Waals surface area (Å²) < 4.78 is 5.21. The van der Waals surface area contributed by atoms with Crippen LogP contribution in [0.1, 0.15) is 40.0 Å². The van der Waals surface area contributed by atoms with Crippen LogP contribution in [0.25, 0.3) is 11.3 Å². The zero-order chi connectivity index (χ0) is 17.7. The van der Waals surface area contributed by atoms with Gasteiger partial charge in [0.2, 0.25) is 5.13 Å². The van der Waals surface area contributed by atoms with Gasteiger partial charge in [-0.15, -0.1) is 11.3 Å². The van der Waals surface area contributed by atoms with E-state index < -0.39 is 0 Å². The summed E-state index contributed by atoms with van der Waals surface area (Å²) in [4.78, 5) is 4.68. The second-order valence-corrected chi connectivity index (χ2v) is 8.79. The van der Waals surface area contributed by atoms with Gasteiger partial charge in [-0.1, -0.05) is 20.8 Å². The zero-order valence-electron chi connectivity index (χ0n) is 15.3. The number of hydrogen-bond acceptors (Lipinski definition) is 5. The second-order valence-electron chi connectivity index (χ2n) is 7.93. The van der Waals surface area contributed by atoms with Crippen molar-refractivity contribution >= 4 is 22.2 Å². The fraction of sp³-hybridized carbons (Fsp3) is 0.500. The number of thiazole rings is 1. The summed E-state index contributed by atoms with van der Waals surface area (Å²) in [5, 5.41) is 7.69. The maximum absolute atomic E-state index is 5.21. The van der Waals surface area contributed by atoms with Crippen LogP contribution in [0.3, 0.4) is 0 Å². The standard InChI is InChI=1S/C20H25N3OS/c1-19(2)14-9-10-20(19,3)17(11-14)22-23-18-21-16(12-25-18)13-5-7-15(24-4)8-6-13/h5-8,12,14H,9-11H2,1-4H3,(H,21,23)/t14?,20-/m0/s1. The molecular formula is C20H25N3OS. The lowest BCUT2D eigenvalue weighted by Gasteiger charge is -2.34. The molecule has 2 aromatic rings. The maximum Gasteiger partial charge on any atom is 0.203 e. The Balaban J connectivity index is 1.50. The van der Waals surface area contributed by atoms with E-state index in [1.807, 2.05) is 24.3 Å². The Hall–Kier alpha value is -1.88. The predicted molar refractivity (Wildman–Crippen MR) is 104 cm³/mol. The average molecular weight is 356 g/mol. The number of hydrazone groups is 1. The summed E-state index contributed by atoms with van der Waals surface area (Å²) in [5.74, 6) is 1.63. The molecule has 2 aliphatic rings. The number of fused-ring (bicyclic) bond motifs is 2. The van der Waals surface area contributed by atoms with Crippen LogP contribution in [0, 0.1) is 16.7 Å². The molecule has 1 unspecified atom stereocenters. The molecular weight excluding hydrogens is 330 g/mol. The molecule has 0 radical (unpaired) electrons. The normalized spacial score (nSPS) is 28.5. The first-order valence-electron chi connectivity index (χ1n) is 8.87. The maximum atomic E-state index is 5.21. The predicted octanol–water partition coefficient (Wildman–Crippen LogP) is 5.43. The molecule has 1 aromatic carbocycles.